The predicted molar refractivity (Wildman–Crippen MR) is 67.2 cm³/mol. The van der Waals surface area contributed by atoms with Crippen molar-refractivity contribution in [1.29, 1.82) is 0 Å². The van der Waals surface area contributed by atoms with E-state index in [0.717, 1.165) is 11.4 Å². The monoisotopic (exact) mass is 257 g/mol. The van der Waals surface area contributed by atoms with Gasteiger partial charge in [0.2, 0.25) is 0 Å². The Morgan fingerprint density at radius 1 is 1.47 bits per heavy atom. The molecule has 1 aromatic rings. The normalized spacial score (nSPS) is 12.8. The molecule has 5 heteroatoms. The Labute approximate surface area is 106 Å². The molecule has 0 aliphatic rings. The maximum atomic E-state index is 11.8. The second-order valence-electron chi connectivity index (χ2n) is 4.08. The first-order valence-electron chi connectivity index (χ1n) is 5.86. The van der Waals surface area contributed by atoms with Crippen LogP contribution in [0, 0.1) is 5.92 Å². The molecule has 0 amide bonds. The van der Waals surface area contributed by atoms with E-state index in [2.05, 4.69) is 4.98 Å². The summed E-state index contributed by atoms with van der Waals surface area (Å²) in [5, 5.41) is 10.9. The third-order valence-electron chi connectivity index (χ3n) is 2.37. The van der Waals surface area contributed by atoms with Crippen molar-refractivity contribution in [3.8, 4) is 0 Å². The molecule has 17 heavy (non-hydrogen) atoms. The van der Waals surface area contributed by atoms with E-state index in [1.807, 2.05) is 20.8 Å². The standard InChI is InChI=1S/C12H19NO3S/c1-5-8-13-9(10(14)7(3)4)11(17-8)12(15)16-6-2/h7,10,14H,5-6H2,1-4H3. The van der Waals surface area contributed by atoms with Crippen LogP contribution in [0.1, 0.15) is 54.2 Å². The summed E-state index contributed by atoms with van der Waals surface area (Å²) in [6.07, 6.45) is 0.0352. The Hall–Kier alpha value is -0.940. The van der Waals surface area contributed by atoms with E-state index >= 15 is 0 Å². The van der Waals surface area contributed by atoms with E-state index < -0.39 is 6.10 Å². The summed E-state index contributed by atoms with van der Waals surface area (Å²) in [5.74, 6) is -0.366. The Kier molecular flexibility index (Phi) is 5.08. The second kappa shape index (κ2) is 6.12. The fourth-order valence-corrected chi connectivity index (χ4v) is 2.33. The van der Waals surface area contributed by atoms with Crippen LogP contribution >= 0.6 is 11.3 Å². The fraction of sp³-hybridized carbons (Fsp3) is 0.667. The average Bonchev–Trinajstić information content (AvgIpc) is 2.72. The molecule has 0 aliphatic heterocycles. The molecular weight excluding hydrogens is 238 g/mol. The van der Waals surface area contributed by atoms with Crippen molar-refractivity contribution in [3.63, 3.8) is 0 Å². The highest BCUT2D eigenvalue weighted by molar-refractivity contribution is 7.13. The molecule has 0 radical (unpaired) electrons. The van der Waals surface area contributed by atoms with Gasteiger partial charge in [-0.3, -0.25) is 0 Å². The number of aryl methyl sites for hydroxylation is 1. The van der Waals surface area contributed by atoms with Crippen LogP contribution in [0.2, 0.25) is 0 Å². The molecular formula is C12H19NO3S. The number of carbonyl (C=O) groups is 1. The van der Waals surface area contributed by atoms with Crippen molar-refractivity contribution in [2.45, 2.75) is 40.2 Å². The van der Waals surface area contributed by atoms with E-state index in [1.165, 1.54) is 11.3 Å². The molecule has 1 rings (SSSR count). The number of ether oxygens (including phenoxy) is 1. The minimum Gasteiger partial charge on any atom is -0.462 e. The summed E-state index contributed by atoms with van der Waals surface area (Å²) < 4.78 is 4.98. The zero-order chi connectivity index (χ0) is 13.0. The van der Waals surface area contributed by atoms with Crippen molar-refractivity contribution < 1.29 is 14.6 Å². The summed E-state index contributed by atoms with van der Waals surface area (Å²) in [7, 11) is 0. The van der Waals surface area contributed by atoms with Gasteiger partial charge in [0, 0.05) is 0 Å². The highest BCUT2D eigenvalue weighted by atomic mass is 32.1. The SMILES string of the molecule is CCOC(=O)c1sc(CC)nc1C(O)C(C)C. The number of nitrogens with zero attached hydrogens (tertiary/aromatic N) is 1. The number of carbonyl (C=O) groups excluding carboxylic acids is 1. The van der Waals surface area contributed by atoms with E-state index in [-0.39, 0.29) is 11.9 Å². The molecule has 0 saturated carbocycles. The van der Waals surface area contributed by atoms with Gasteiger partial charge in [-0.25, -0.2) is 9.78 Å². The van der Waals surface area contributed by atoms with Crippen LogP contribution in [0.25, 0.3) is 0 Å². The lowest BCUT2D eigenvalue weighted by Gasteiger charge is -2.13. The topological polar surface area (TPSA) is 59.4 Å². The molecule has 0 aromatic carbocycles. The lowest BCUT2D eigenvalue weighted by atomic mass is 10.0. The third-order valence-corrected chi connectivity index (χ3v) is 3.57. The summed E-state index contributed by atoms with van der Waals surface area (Å²) in [4.78, 5) is 16.5. The molecule has 0 saturated heterocycles. The van der Waals surface area contributed by atoms with Gasteiger partial charge < -0.3 is 9.84 Å². The maximum Gasteiger partial charge on any atom is 0.350 e. The van der Waals surface area contributed by atoms with Crippen LogP contribution in [-0.4, -0.2) is 22.7 Å². The minimum absolute atomic E-state index is 0.0231. The number of thiazole rings is 1. The van der Waals surface area contributed by atoms with E-state index in [4.69, 9.17) is 4.74 Å². The minimum atomic E-state index is -0.717. The number of aliphatic hydroxyl groups is 1. The molecule has 96 valence electrons. The lowest BCUT2D eigenvalue weighted by Crippen LogP contribution is -2.12. The van der Waals surface area contributed by atoms with Crippen LogP contribution in [0.5, 0.6) is 0 Å². The van der Waals surface area contributed by atoms with Crippen LogP contribution in [0.4, 0.5) is 0 Å². The molecule has 0 fully saturated rings. The Morgan fingerprint density at radius 3 is 2.59 bits per heavy atom. The summed E-state index contributed by atoms with van der Waals surface area (Å²) >= 11 is 1.31. The third kappa shape index (κ3) is 3.26. The van der Waals surface area contributed by atoms with Crippen LogP contribution < -0.4 is 0 Å². The average molecular weight is 257 g/mol. The summed E-state index contributed by atoms with van der Waals surface area (Å²) in [5.41, 5.74) is 0.459. The smallest absolute Gasteiger partial charge is 0.350 e. The van der Waals surface area contributed by atoms with Gasteiger partial charge in [0.05, 0.1) is 23.4 Å². The van der Waals surface area contributed by atoms with E-state index in [9.17, 15) is 9.90 Å². The Balaban J connectivity index is 3.09. The highest BCUT2D eigenvalue weighted by Gasteiger charge is 2.25. The van der Waals surface area contributed by atoms with Crippen LogP contribution in [-0.2, 0) is 11.2 Å². The summed E-state index contributed by atoms with van der Waals surface area (Å²) in [6.45, 7) is 7.85. The summed E-state index contributed by atoms with van der Waals surface area (Å²) in [6, 6.07) is 0. The zero-order valence-corrected chi connectivity index (χ0v) is 11.5. The Morgan fingerprint density at radius 2 is 2.12 bits per heavy atom. The van der Waals surface area contributed by atoms with Crippen molar-refractivity contribution >= 4 is 17.3 Å². The van der Waals surface area contributed by atoms with Crippen molar-refractivity contribution in [1.82, 2.24) is 4.98 Å². The van der Waals surface area contributed by atoms with Crippen molar-refractivity contribution in [2.24, 2.45) is 5.92 Å². The number of hydrogen-bond acceptors (Lipinski definition) is 5. The number of hydrogen-bond donors (Lipinski definition) is 1. The highest BCUT2D eigenvalue weighted by Crippen LogP contribution is 2.29. The van der Waals surface area contributed by atoms with Gasteiger partial charge in [-0.05, 0) is 19.3 Å². The molecule has 1 aromatic heterocycles. The van der Waals surface area contributed by atoms with Gasteiger partial charge in [0.25, 0.3) is 0 Å². The van der Waals surface area contributed by atoms with Gasteiger partial charge in [-0.1, -0.05) is 20.8 Å². The van der Waals surface area contributed by atoms with E-state index in [1.54, 1.807) is 6.92 Å². The number of esters is 1. The molecule has 1 unspecified atom stereocenters. The largest absolute Gasteiger partial charge is 0.462 e. The second-order valence-corrected chi connectivity index (χ2v) is 5.17. The first kappa shape index (κ1) is 14.1. The quantitative estimate of drug-likeness (QED) is 0.824. The fourth-order valence-electron chi connectivity index (χ4n) is 1.39. The van der Waals surface area contributed by atoms with E-state index in [0.29, 0.717) is 17.2 Å². The molecule has 1 heterocycles. The molecule has 0 aliphatic carbocycles. The molecule has 0 spiro atoms. The predicted octanol–water partition coefficient (Wildman–Crippen LogP) is 2.57. The Bertz CT molecular complexity index is 387. The van der Waals surface area contributed by atoms with Gasteiger partial charge >= 0.3 is 5.97 Å². The molecule has 0 bridgehead atoms. The van der Waals surface area contributed by atoms with Crippen LogP contribution in [0.3, 0.4) is 0 Å². The first-order chi connectivity index (χ1) is 8.01. The zero-order valence-electron chi connectivity index (χ0n) is 10.7. The number of aliphatic hydroxyl groups excluding tert-OH is 1. The van der Waals surface area contributed by atoms with Crippen molar-refractivity contribution in [3.05, 3.63) is 15.6 Å². The van der Waals surface area contributed by atoms with Crippen molar-refractivity contribution in [2.75, 3.05) is 6.61 Å². The molecule has 4 nitrogen and oxygen atoms in total. The first-order valence-corrected chi connectivity index (χ1v) is 6.67. The van der Waals surface area contributed by atoms with Crippen LogP contribution in [0.15, 0.2) is 0 Å². The number of rotatable bonds is 5. The van der Waals surface area contributed by atoms with Gasteiger partial charge in [-0.2, -0.15) is 0 Å². The molecule has 1 atom stereocenters. The van der Waals surface area contributed by atoms with Gasteiger partial charge in [-0.15, -0.1) is 11.3 Å². The molecule has 1 N–H and O–H groups in total. The lowest BCUT2D eigenvalue weighted by molar-refractivity contribution is 0.0519. The maximum absolute atomic E-state index is 11.8. The van der Waals surface area contributed by atoms with Gasteiger partial charge in [0.15, 0.2) is 0 Å². The van der Waals surface area contributed by atoms with Gasteiger partial charge in [0.1, 0.15) is 4.88 Å². The number of aromatic nitrogens is 1.